The lowest BCUT2D eigenvalue weighted by atomic mass is 10.1. The highest BCUT2D eigenvalue weighted by Gasteiger charge is 2.37. The molecule has 0 saturated carbocycles. The van der Waals surface area contributed by atoms with E-state index >= 15 is 0 Å². The van der Waals surface area contributed by atoms with Crippen LogP contribution in [0.5, 0.6) is 5.75 Å². The molecule has 4 rings (SSSR count). The molecular weight excluding hydrogens is 412 g/mol. The normalized spacial score (nSPS) is 15.7. The molecular formula is C24H24N2O4S. The van der Waals surface area contributed by atoms with Crippen molar-refractivity contribution in [1.82, 2.24) is 0 Å². The van der Waals surface area contributed by atoms with E-state index in [2.05, 4.69) is 5.32 Å². The van der Waals surface area contributed by atoms with Crippen molar-refractivity contribution < 1.29 is 17.9 Å². The second-order valence-electron chi connectivity index (χ2n) is 7.73. The Balaban J connectivity index is 1.67. The van der Waals surface area contributed by atoms with Crippen LogP contribution < -0.4 is 14.4 Å². The number of carbonyl (C=O) groups excluding carboxylic acids is 1. The molecule has 0 unspecified atom stereocenters. The topological polar surface area (TPSA) is 75.7 Å². The van der Waals surface area contributed by atoms with Crippen molar-refractivity contribution in [3.63, 3.8) is 0 Å². The first-order valence-corrected chi connectivity index (χ1v) is 11.4. The Morgan fingerprint density at radius 3 is 2.35 bits per heavy atom. The van der Waals surface area contributed by atoms with E-state index in [0.29, 0.717) is 17.1 Å². The third-order valence-corrected chi connectivity index (χ3v) is 7.07. The SMILES string of the molecule is Cc1ccc(S(=O)(=O)N2C[C@@H](C(=O)Nc3ccc(C)cc3C)Oc3ccccc32)cc1. The van der Waals surface area contributed by atoms with E-state index in [0.717, 1.165) is 16.7 Å². The van der Waals surface area contributed by atoms with Crippen LogP contribution in [0, 0.1) is 20.8 Å². The van der Waals surface area contributed by atoms with Gasteiger partial charge in [-0.15, -0.1) is 0 Å². The van der Waals surface area contributed by atoms with Crippen LogP contribution in [0.15, 0.2) is 71.6 Å². The van der Waals surface area contributed by atoms with Crippen molar-refractivity contribution in [3.05, 3.63) is 83.4 Å². The summed E-state index contributed by atoms with van der Waals surface area (Å²) in [6.45, 7) is 5.67. The fourth-order valence-electron chi connectivity index (χ4n) is 3.57. The van der Waals surface area contributed by atoms with Crippen LogP contribution in [0.25, 0.3) is 0 Å². The molecule has 1 heterocycles. The van der Waals surface area contributed by atoms with Crippen LogP contribution >= 0.6 is 0 Å². The first-order valence-electron chi connectivity index (χ1n) is 9.99. The van der Waals surface area contributed by atoms with E-state index in [-0.39, 0.29) is 11.4 Å². The second kappa shape index (κ2) is 8.07. The van der Waals surface area contributed by atoms with Crippen LogP contribution in [0.1, 0.15) is 16.7 Å². The third-order valence-electron chi connectivity index (χ3n) is 5.28. The summed E-state index contributed by atoms with van der Waals surface area (Å²) in [7, 11) is -3.87. The molecule has 3 aromatic rings. The van der Waals surface area contributed by atoms with E-state index in [1.807, 2.05) is 39.0 Å². The minimum Gasteiger partial charge on any atom is -0.476 e. The van der Waals surface area contributed by atoms with Crippen molar-refractivity contribution >= 4 is 27.3 Å². The third kappa shape index (κ3) is 4.14. The molecule has 1 aliphatic heterocycles. The second-order valence-corrected chi connectivity index (χ2v) is 9.59. The van der Waals surface area contributed by atoms with Gasteiger partial charge in [0.15, 0.2) is 6.10 Å². The minimum absolute atomic E-state index is 0.121. The fraction of sp³-hybridized carbons (Fsp3) is 0.208. The lowest BCUT2D eigenvalue weighted by Crippen LogP contribution is -2.48. The van der Waals surface area contributed by atoms with Gasteiger partial charge < -0.3 is 10.1 Å². The summed E-state index contributed by atoms with van der Waals surface area (Å²) in [5, 5.41) is 2.87. The van der Waals surface area contributed by atoms with Crippen molar-refractivity contribution in [3.8, 4) is 5.75 Å². The Kier molecular flexibility index (Phi) is 5.45. The monoisotopic (exact) mass is 436 g/mol. The first kappa shape index (κ1) is 20.9. The van der Waals surface area contributed by atoms with Gasteiger partial charge in [0.25, 0.3) is 15.9 Å². The van der Waals surface area contributed by atoms with E-state index in [9.17, 15) is 13.2 Å². The zero-order valence-corrected chi connectivity index (χ0v) is 18.4. The Labute approximate surface area is 182 Å². The number of nitrogens with one attached hydrogen (secondary N) is 1. The quantitative estimate of drug-likeness (QED) is 0.665. The van der Waals surface area contributed by atoms with E-state index in [1.165, 1.54) is 4.31 Å². The van der Waals surface area contributed by atoms with Gasteiger partial charge in [-0.1, -0.05) is 47.5 Å². The van der Waals surface area contributed by atoms with Gasteiger partial charge in [0, 0.05) is 5.69 Å². The summed E-state index contributed by atoms with van der Waals surface area (Å²) >= 11 is 0. The average Bonchev–Trinajstić information content (AvgIpc) is 2.75. The summed E-state index contributed by atoms with van der Waals surface area (Å²) in [4.78, 5) is 13.2. The first-order chi connectivity index (χ1) is 14.8. The molecule has 7 heteroatoms. The number of anilines is 2. The maximum atomic E-state index is 13.4. The lowest BCUT2D eigenvalue weighted by molar-refractivity contribution is -0.122. The predicted molar refractivity (Wildman–Crippen MR) is 121 cm³/mol. The molecule has 1 atom stereocenters. The number of ether oxygens (including phenoxy) is 1. The van der Waals surface area contributed by atoms with Crippen LogP contribution in [0.2, 0.25) is 0 Å². The van der Waals surface area contributed by atoms with Gasteiger partial charge >= 0.3 is 0 Å². The smallest absolute Gasteiger partial charge is 0.267 e. The predicted octanol–water partition coefficient (Wildman–Crippen LogP) is 4.21. The zero-order valence-electron chi connectivity index (χ0n) is 17.6. The molecule has 31 heavy (non-hydrogen) atoms. The number of fused-ring (bicyclic) bond motifs is 1. The lowest BCUT2D eigenvalue weighted by Gasteiger charge is -2.34. The number of sulfonamides is 1. The molecule has 0 fully saturated rings. The van der Waals surface area contributed by atoms with Gasteiger partial charge in [0.2, 0.25) is 0 Å². The highest BCUT2D eigenvalue weighted by Crippen LogP contribution is 2.37. The Bertz CT molecular complexity index is 1240. The molecule has 1 N–H and O–H groups in total. The largest absolute Gasteiger partial charge is 0.476 e. The number of rotatable bonds is 4. The van der Waals surface area contributed by atoms with E-state index in [1.54, 1.807) is 48.5 Å². The Morgan fingerprint density at radius 2 is 1.65 bits per heavy atom. The van der Waals surface area contributed by atoms with Crippen molar-refractivity contribution in [2.24, 2.45) is 0 Å². The number of nitrogens with zero attached hydrogens (tertiary/aromatic N) is 1. The van der Waals surface area contributed by atoms with E-state index in [4.69, 9.17) is 4.74 Å². The molecule has 1 amide bonds. The van der Waals surface area contributed by atoms with Gasteiger partial charge in [-0.05, 0) is 56.7 Å². The number of amides is 1. The van der Waals surface area contributed by atoms with Gasteiger partial charge in [0.05, 0.1) is 17.1 Å². The molecule has 0 saturated heterocycles. The summed E-state index contributed by atoms with van der Waals surface area (Å²) < 4.78 is 34.0. The molecule has 0 bridgehead atoms. The van der Waals surface area contributed by atoms with Gasteiger partial charge in [0.1, 0.15) is 5.75 Å². The number of para-hydroxylation sites is 2. The van der Waals surface area contributed by atoms with Crippen LogP contribution in [-0.2, 0) is 14.8 Å². The average molecular weight is 437 g/mol. The number of benzene rings is 3. The maximum Gasteiger partial charge on any atom is 0.267 e. The highest BCUT2D eigenvalue weighted by atomic mass is 32.2. The number of carbonyl (C=O) groups is 1. The fourth-order valence-corrected chi connectivity index (χ4v) is 5.05. The van der Waals surface area contributed by atoms with Crippen molar-refractivity contribution in [1.29, 1.82) is 0 Å². The van der Waals surface area contributed by atoms with Gasteiger partial charge in [-0.25, -0.2) is 8.42 Å². The van der Waals surface area contributed by atoms with Crippen molar-refractivity contribution in [2.45, 2.75) is 31.8 Å². The molecule has 6 nitrogen and oxygen atoms in total. The molecule has 3 aromatic carbocycles. The maximum absolute atomic E-state index is 13.4. The summed E-state index contributed by atoms with van der Waals surface area (Å²) in [5.41, 5.74) is 4.07. The summed E-state index contributed by atoms with van der Waals surface area (Å²) in [6, 6.07) is 19.2. The van der Waals surface area contributed by atoms with Crippen molar-refractivity contribution in [2.75, 3.05) is 16.2 Å². The minimum atomic E-state index is -3.87. The molecule has 0 spiro atoms. The molecule has 1 aliphatic rings. The highest BCUT2D eigenvalue weighted by molar-refractivity contribution is 7.92. The van der Waals surface area contributed by atoms with Crippen LogP contribution in [0.4, 0.5) is 11.4 Å². The summed E-state index contributed by atoms with van der Waals surface area (Å²) in [5.74, 6) is -0.0456. The molecule has 0 radical (unpaired) electrons. The molecule has 0 aromatic heterocycles. The summed E-state index contributed by atoms with van der Waals surface area (Å²) in [6.07, 6.45) is -0.990. The van der Waals surface area contributed by atoms with Gasteiger partial charge in [-0.2, -0.15) is 0 Å². The standard InChI is InChI=1S/C24H24N2O4S/c1-16-8-11-19(12-9-16)31(28,29)26-15-23(30-22-7-5-4-6-21(22)26)24(27)25-20-13-10-17(2)14-18(20)3/h4-14,23H,15H2,1-3H3,(H,25,27)/t23-/m0/s1. The Hall–Kier alpha value is -3.32. The number of hydrogen-bond acceptors (Lipinski definition) is 4. The molecule has 0 aliphatic carbocycles. The van der Waals surface area contributed by atoms with E-state index < -0.39 is 22.0 Å². The zero-order chi connectivity index (χ0) is 22.2. The molecule has 160 valence electrons. The number of hydrogen-bond donors (Lipinski definition) is 1. The van der Waals surface area contributed by atoms with Crippen LogP contribution in [0.3, 0.4) is 0 Å². The van der Waals surface area contributed by atoms with Gasteiger partial charge in [-0.3, -0.25) is 9.10 Å². The van der Waals surface area contributed by atoms with Crippen LogP contribution in [-0.4, -0.2) is 27.0 Å². The Morgan fingerprint density at radius 1 is 0.968 bits per heavy atom. The number of aryl methyl sites for hydroxylation is 3.